The molecule has 0 unspecified atom stereocenters. The lowest BCUT2D eigenvalue weighted by atomic mass is 10.2. The van der Waals surface area contributed by atoms with Gasteiger partial charge in [-0.15, -0.1) is 0 Å². The number of hydrogen-bond donors (Lipinski definition) is 1. The molecule has 0 bridgehead atoms. The molecule has 0 radical (unpaired) electrons. The van der Waals surface area contributed by atoms with E-state index in [1.165, 1.54) is 18.3 Å². The third-order valence-corrected chi connectivity index (χ3v) is 7.45. The highest BCUT2D eigenvalue weighted by Gasteiger charge is 2.31. The average Bonchev–Trinajstić information content (AvgIpc) is 3.44. The summed E-state index contributed by atoms with van der Waals surface area (Å²) in [5.41, 5.74) is 1.87. The van der Waals surface area contributed by atoms with E-state index in [0.717, 1.165) is 31.6 Å². The van der Waals surface area contributed by atoms with Gasteiger partial charge in [0.1, 0.15) is 11.6 Å². The second-order valence-electron chi connectivity index (χ2n) is 8.90. The van der Waals surface area contributed by atoms with Gasteiger partial charge in [-0.1, -0.05) is 0 Å². The summed E-state index contributed by atoms with van der Waals surface area (Å²) in [6.07, 6.45) is 5.50. The Labute approximate surface area is 199 Å². The molecule has 3 aromatic rings. The fraction of sp³-hybridized carbons (Fsp3) is 0.417. The Bertz CT molecular complexity index is 1230. The molecule has 2 aromatic heterocycles. The van der Waals surface area contributed by atoms with Crippen LogP contribution in [0.25, 0.3) is 5.52 Å². The number of sulfonamides is 1. The monoisotopic (exact) mass is 490 g/mol. The smallest absolute Gasteiger partial charge is 0.268 e. The molecule has 1 amide bonds. The van der Waals surface area contributed by atoms with Crippen LogP contribution in [0.1, 0.15) is 50.9 Å². The van der Waals surface area contributed by atoms with Crippen molar-refractivity contribution in [3.8, 4) is 5.75 Å². The zero-order chi connectivity index (χ0) is 24.9. The molecule has 0 spiro atoms. The molecule has 0 saturated carbocycles. The summed E-state index contributed by atoms with van der Waals surface area (Å²) in [7, 11) is -3.76. The summed E-state index contributed by atoms with van der Waals surface area (Å²) >= 11 is 0. The number of aromatic nitrogens is 2. The number of anilines is 1. The van der Waals surface area contributed by atoms with Gasteiger partial charge in [0.15, 0.2) is 0 Å². The quantitative estimate of drug-likeness (QED) is 0.581. The molecule has 1 aliphatic rings. The number of amides is 1. The second-order valence-corrected chi connectivity index (χ2v) is 11.3. The van der Waals surface area contributed by atoms with Crippen LogP contribution in [0.3, 0.4) is 0 Å². The maximum Gasteiger partial charge on any atom is 0.268 e. The Morgan fingerprint density at radius 2 is 1.79 bits per heavy atom. The minimum Gasteiger partial charge on any atom is -0.494 e. The van der Waals surface area contributed by atoms with Crippen LogP contribution < -0.4 is 14.4 Å². The summed E-state index contributed by atoms with van der Waals surface area (Å²) in [5.74, 6) is -0.175. The lowest BCUT2D eigenvalue weighted by molar-refractivity contribution is 0.0982. The number of nitrogens with zero attached hydrogens (tertiary/aromatic N) is 3. The SMILES string of the molecule is CC(C)(C)S(=O)(=O)NC(=O)c1cnn2ccc(N3CCCC3)cc12.CCOc1ccc(F)cc1. The highest BCUT2D eigenvalue weighted by atomic mass is 32.2. The Morgan fingerprint density at radius 1 is 1.15 bits per heavy atom. The van der Waals surface area contributed by atoms with Crippen LogP contribution in [0, 0.1) is 5.82 Å². The Morgan fingerprint density at radius 3 is 2.38 bits per heavy atom. The van der Waals surface area contributed by atoms with Gasteiger partial charge in [0.05, 0.1) is 28.6 Å². The van der Waals surface area contributed by atoms with Crippen molar-refractivity contribution >= 4 is 27.1 Å². The first kappa shape index (κ1) is 25.5. The lowest BCUT2D eigenvalue weighted by Gasteiger charge is -2.19. The normalized spacial score (nSPS) is 14.0. The van der Waals surface area contributed by atoms with Crippen LogP contribution in [0.2, 0.25) is 0 Å². The molecule has 184 valence electrons. The van der Waals surface area contributed by atoms with Crippen molar-refractivity contribution in [1.82, 2.24) is 14.3 Å². The number of nitrogens with one attached hydrogen (secondary N) is 1. The zero-order valence-corrected chi connectivity index (χ0v) is 20.7. The molecule has 8 nitrogen and oxygen atoms in total. The molecular formula is C24H31FN4O4S. The van der Waals surface area contributed by atoms with Gasteiger partial charge in [-0.05, 0) is 76.9 Å². The molecule has 0 aliphatic carbocycles. The van der Waals surface area contributed by atoms with Crippen molar-refractivity contribution < 1.29 is 22.3 Å². The van der Waals surface area contributed by atoms with E-state index < -0.39 is 20.7 Å². The highest BCUT2D eigenvalue weighted by molar-refractivity contribution is 7.91. The first-order valence-electron chi connectivity index (χ1n) is 11.2. The van der Waals surface area contributed by atoms with Crippen molar-refractivity contribution in [3.05, 3.63) is 60.2 Å². The molecule has 34 heavy (non-hydrogen) atoms. The number of carbonyl (C=O) groups is 1. The fourth-order valence-electron chi connectivity index (χ4n) is 3.34. The van der Waals surface area contributed by atoms with Crippen LogP contribution in [-0.4, -0.2) is 48.4 Å². The summed E-state index contributed by atoms with van der Waals surface area (Å²) < 4.78 is 44.4. The third kappa shape index (κ3) is 6.05. The van der Waals surface area contributed by atoms with E-state index in [0.29, 0.717) is 17.9 Å². The molecule has 10 heteroatoms. The van der Waals surface area contributed by atoms with Crippen LogP contribution in [0.15, 0.2) is 48.8 Å². The van der Waals surface area contributed by atoms with E-state index in [1.807, 2.05) is 19.1 Å². The number of carbonyl (C=O) groups excluding carboxylic acids is 1. The largest absolute Gasteiger partial charge is 0.494 e. The lowest BCUT2D eigenvalue weighted by Crippen LogP contribution is -2.42. The predicted molar refractivity (Wildman–Crippen MR) is 130 cm³/mol. The van der Waals surface area contributed by atoms with Gasteiger partial charge in [0.2, 0.25) is 10.0 Å². The summed E-state index contributed by atoms with van der Waals surface area (Å²) in [4.78, 5) is 14.7. The van der Waals surface area contributed by atoms with Crippen LogP contribution in [-0.2, 0) is 10.0 Å². The number of halogens is 1. The summed E-state index contributed by atoms with van der Waals surface area (Å²) in [6.45, 7) is 9.13. The van der Waals surface area contributed by atoms with E-state index in [9.17, 15) is 17.6 Å². The molecule has 1 aliphatic heterocycles. The van der Waals surface area contributed by atoms with Gasteiger partial charge in [-0.25, -0.2) is 22.0 Å². The number of benzene rings is 1. The Balaban J connectivity index is 0.000000271. The molecule has 3 heterocycles. The van der Waals surface area contributed by atoms with Gasteiger partial charge in [0.25, 0.3) is 5.91 Å². The van der Waals surface area contributed by atoms with E-state index >= 15 is 0 Å². The fourth-order valence-corrected chi connectivity index (χ4v) is 4.00. The third-order valence-electron chi connectivity index (χ3n) is 5.38. The van der Waals surface area contributed by atoms with Crippen molar-refractivity contribution in [2.75, 3.05) is 24.6 Å². The zero-order valence-electron chi connectivity index (χ0n) is 19.9. The molecule has 0 atom stereocenters. The maximum atomic E-state index is 12.5. The van der Waals surface area contributed by atoms with Crippen molar-refractivity contribution in [2.45, 2.75) is 45.3 Å². The Kier molecular flexibility index (Phi) is 7.81. The summed E-state index contributed by atoms with van der Waals surface area (Å²) in [6, 6.07) is 9.82. The molecule has 1 N–H and O–H groups in total. The topological polar surface area (TPSA) is 93.0 Å². The van der Waals surface area contributed by atoms with Crippen LogP contribution in [0.5, 0.6) is 5.75 Å². The van der Waals surface area contributed by atoms with Gasteiger partial charge < -0.3 is 9.64 Å². The number of hydrogen-bond acceptors (Lipinski definition) is 6. The molecular weight excluding hydrogens is 459 g/mol. The predicted octanol–water partition coefficient (Wildman–Crippen LogP) is 4.02. The van der Waals surface area contributed by atoms with Gasteiger partial charge in [-0.2, -0.15) is 5.10 Å². The first-order chi connectivity index (χ1) is 16.0. The number of fused-ring (bicyclic) bond motifs is 1. The van der Waals surface area contributed by atoms with E-state index in [2.05, 4.69) is 14.7 Å². The van der Waals surface area contributed by atoms with Crippen molar-refractivity contribution in [1.29, 1.82) is 0 Å². The van der Waals surface area contributed by atoms with E-state index in [4.69, 9.17) is 4.74 Å². The average molecular weight is 491 g/mol. The molecule has 4 rings (SSSR count). The maximum absolute atomic E-state index is 12.5. The number of rotatable bonds is 5. The highest BCUT2D eigenvalue weighted by Crippen LogP contribution is 2.23. The van der Waals surface area contributed by atoms with Crippen molar-refractivity contribution in [2.24, 2.45) is 0 Å². The number of ether oxygens (including phenoxy) is 1. The second kappa shape index (κ2) is 10.4. The molecule has 1 aromatic carbocycles. The van der Waals surface area contributed by atoms with E-state index in [1.54, 1.807) is 43.6 Å². The van der Waals surface area contributed by atoms with Crippen LogP contribution >= 0.6 is 0 Å². The standard InChI is InChI=1S/C16H22N4O3S.C8H9FO/c1-16(2,3)24(22,23)18-15(21)13-11-17-20-9-6-12(10-14(13)20)19-7-4-5-8-19;1-2-10-8-5-3-7(9)4-6-8/h6,9-11H,4-5,7-8H2,1-3H3,(H,18,21);3-6H,2H2,1H3. The molecule has 1 fully saturated rings. The van der Waals surface area contributed by atoms with E-state index in [-0.39, 0.29) is 11.4 Å². The van der Waals surface area contributed by atoms with Crippen molar-refractivity contribution in [3.63, 3.8) is 0 Å². The minimum absolute atomic E-state index is 0.233. The van der Waals surface area contributed by atoms with Gasteiger partial charge >= 0.3 is 0 Å². The first-order valence-corrected chi connectivity index (χ1v) is 12.7. The van der Waals surface area contributed by atoms with Gasteiger partial charge in [-0.3, -0.25) is 4.79 Å². The Hall–Kier alpha value is -3.14. The molecule has 1 saturated heterocycles. The summed E-state index contributed by atoms with van der Waals surface area (Å²) in [5, 5.41) is 4.14. The van der Waals surface area contributed by atoms with Gasteiger partial charge in [0, 0.05) is 25.0 Å². The number of pyridine rings is 1. The minimum atomic E-state index is -3.76. The van der Waals surface area contributed by atoms with Crippen LogP contribution in [0.4, 0.5) is 10.1 Å².